The maximum Gasteiger partial charge on any atom is 0.258 e. The number of benzene rings is 2. The number of guanidine groups is 1. The van der Waals surface area contributed by atoms with Crippen molar-refractivity contribution in [1.82, 2.24) is 5.32 Å². The summed E-state index contributed by atoms with van der Waals surface area (Å²) in [5.41, 5.74) is 7.22. The van der Waals surface area contributed by atoms with E-state index in [-0.39, 0.29) is 24.3 Å². The molecule has 2 aromatic carbocycles. The minimum atomic E-state index is -0.381. The summed E-state index contributed by atoms with van der Waals surface area (Å²) in [5, 5.41) is 2.56. The summed E-state index contributed by atoms with van der Waals surface area (Å²) in [6, 6.07) is 10.5. The van der Waals surface area contributed by atoms with Crippen molar-refractivity contribution in [1.29, 1.82) is 0 Å². The highest BCUT2D eigenvalue weighted by Crippen LogP contribution is 2.28. The molecule has 158 valence electrons. The quantitative estimate of drug-likeness (QED) is 0.499. The second-order valence-electron chi connectivity index (χ2n) is 5.73. The summed E-state index contributed by atoms with van der Waals surface area (Å²) >= 11 is 0. The number of ether oxygens (including phenoxy) is 4. The van der Waals surface area contributed by atoms with Crippen LogP contribution in [0.4, 0.5) is 0 Å². The van der Waals surface area contributed by atoms with Crippen LogP contribution < -0.4 is 30.0 Å². The lowest BCUT2D eigenvalue weighted by molar-refractivity contribution is 0.0976. The van der Waals surface area contributed by atoms with Gasteiger partial charge >= 0.3 is 0 Å². The third-order valence-electron chi connectivity index (χ3n) is 4.02. The molecule has 9 heteroatoms. The predicted octanol–water partition coefficient (Wildman–Crippen LogP) is 2.43. The van der Waals surface area contributed by atoms with Crippen LogP contribution in [0.3, 0.4) is 0 Å². The first kappa shape index (κ1) is 23.9. The fourth-order valence-electron chi connectivity index (χ4n) is 2.55. The van der Waals surface area contributed by atoms with Gasteiger partial charge in [-0.2, -0.15) is 0 Å². The van der Waals surface area contributed by atoms with E-state index >= 15 is 0 Å². The average molecular weight is 424 g/mol. The maximum absolute atomic E-state index is 12.3. The number of nitrogens with one attached hydrogen (secondary N) is 1. The van der Waals surface area contributed by atoms with E-state index in [2.05, 4.69) is 10.3 Å². The zero-order valence-corrected chi connectivity index (χ0v) is 17.7. The number of carbonyl (C=O) groups excluding carboxylic acids is 1. The fraction of sp³-hybridized carbons (Fsp3) is 0.300. The van der Waals surface area contributed by atoms with Crippen LogP contribution in [0.1, 0.15) is 15.9 Å². The van der Waals surface area contributed by atoms with E-state index in [1.54, 1.807) is 32.4 Å². The molecular weight excluding hydrogens is 398 g/mol. The van der Waals surface area contributed by atoms with Crippen LogP contribution >= 0.6 is 12.4 Å². The summed E-state index contributed by atoms with van der Waals surface area (Å²) in [6.07, 6.45) is 0.632. The molecule has 1 amide bonds. The second kappa shape index (κ2) is 11.7. The van der Waals surface area contributed by atoms with Gasteiger partial charge < -0.3 is 24.7 Å². The highest BCUT2D eigenvalue weighted by atomic mass is 35.5. The normalized spacial score (nSPS) is 10.6. The molecule has 0 saturated carbocycles. The maximum atomic E-state index is 12.3. The SMILES string of the molecule is COc1ccc(CCN=C(N)NC(=O)c2ccc(OC)c(OC)c2)cc1OC.Cl. The van der Waals surface area contributed by atoms with E-state index in [1.165, 1.54) is 14.2 Å². The molecule has 2 rings (SSSR count). The van der Waals surface area contributed by atoms with E-state index in [0.29, 0.717) is 41.5 Å². The van der Waals surface area contributed by atoms with Gasteiger partial charge in [-0.1, -0.05) is 6.07 Å². The van der Waals surface area contributed by atoms with Crippen molar-refractivity contribution in [3.05, 3.63) is 47.5 Å². The van der Waals surface area contributed by atoms with Gasteiger partial charge in [-0.05, 0) is 42.3 Å². The summed E-state index contributed by atoms with van der Waals surface area (Å²) in [7, 11) is 6.20. The first-order chi connectivity index (χ1) is 13.5. The summed E-state index contributed by atoms with van der Waals surface area (Å²) in [6.45, 7) is 0.410. The lowest BCUT2D eigenvalue weighted by Crippen LogP contribution is -2.37. The van der Waals surface area contributed by atoms with Gasteiger partial charge in [0.15, 0.2) is 29.0 Å². The van der Waals surface area contributed by atoms with Crippen molar-refractivity contribution >= 4 is 24.3 Å². The molecule has 0 aliphatic heterocycles. The first-order valence-corrected chi connectivity index (χ1v) is 8.56. The Morgan fingerprint density at radius 1 is 0.897 bits per heavy atom. The van der Waals surface area contributed by atoms with Crippen LogP contribution in [0, 0.1) is 0 Å². The minimum Gasteiger partial charge on any atom is -0.493 e. The number of nitrogens with two attached hydrogens (primary N) is 1. The molecule has 0 fully saturated rings. The molecule has 0 radical (unpaired) electrons. The number of nitrogens with zero attached hydrogens (tertiary/aromatic N) is 1. The molecule has 0 heterocycles. The number of methoxy groups -OCH3 is 4. The minimum absolute atomic E-state index is 0. The van der Waals surface area contributed by atoms with E-state index in [0.717, 1.165) is 5.56 Å². The molecule has 29 heavy (non-hydrogen) atoms. The van der Waals surface area contributed by atoms with Gasteiger partial charge in [0.2, 0.25) is 0 Å². The summed E-state index contributed by atoms with van der Waals surface area (Å²) in [4.78, 5) is 16.5. The van der Waals surface area contributed by atoms with Crippen molar-refractivity contribution in [3.8, 4) is 23.0 Å². The number of carbonyl (C=O) groups is 1. The van der Waals surface area contributed by atoms with Crippen molar-refractivity contribution in [2.45, 2.75) is 6.42 Å². The number of amides is 1. The van der Waals surface area contributed by atoms with Crippen molar-refractivity contribution in [3.63, 3.8) is 0 Å². The Morgan fingerprint density at radius 3 is 2.03 bits per heavy atom. The van der Waals surface area contributed by atoms with Gasteiger partial charge in [0.05, 0.1) is 28.4 Å². The van der Waals surface area contributed by atoms with Crippen LogP contribution in [0.15, 0.2) is 41.4 Å². The molecule has 2 aromatic rings. The highest BCUT2D eigenvalue weighted by Gasteiger charge is 2.11. The molecule has 0 aromatic heterocycles. The first-order valence-electron chi connectivity index (χ1n) is 8.56. The zero-order chi connectivity index (χ0) is 20.5. The Bertz CT molecular complexity index is 858. The molecule has 0 atom stereocenters. The average Bonchev–Trinajstić information content (AvgIpc) is 2.72. The highest BCUT2D eigenvalue weighted by molar-refractivity contribution is 6.05. The number of hydrogen-bond donors (Lipinski definition) is 2. The molecule has 3 N–H and O–H groups in total. The lowest BCUT2D eigenvalue weighted by atomic mass is 10.1. The van der Waals surface area contributed by atoms with Crippen LogP contribution in [0.2, 0.25) is 0 Å². The molecular formula is C20H26ClN3O5. The fourth-order valence-corrected chi connectivity index (χ4v) is 2.55. The molecule has 0 unspecified atom stereocenters. The topological polar surface area (TPSA) is 104 Å². The summed E-state index contributed by atoms with van der Waals surface area (Å²) in [5.74, 6) is 1.97. The monoisotopic (exact) mass is 423 g/mol. The van der Waals surface area contributed by atoms with Gasteiger partial charge in [0.1, 0.15) is 0 Å². The number of rotatable bonds is 8. The number of hydrogen-bond acceptors (Lipinski definition) is 6. The Hall–Kier alpha value is -3.13. The van der Waals surface area contributed by atoms with Crippen LogP contribution in [0.25, 0.3) is 0 Å². The van der Waals surface area contributed by atoms with Crippen LogP contribution in [0.5, 0.6) is 23.0 Å². The van der Waals surface area contributed by atoms with Crippen LogP contribution in [-0.4, -0.2) is 46.9 Å². The van der Waals surface area contributed by atoms with Crippen molar-refractivity contribution < 1.29 is 23.7 Å². The lowest BCUT2D eigenvalue weighted by Gasteiger charge is -2.10. The van der Waals surface area contributed by atoms with Gasteiger partial charge in [0, 0.05) is 12.1 Å². The van der Waals surface area contributed by atoms with Gasteiger partial charge in [0.25, 0.3) is 5.91 Å². The molecule has 0 bridgehead atoms. The third kappa shape index (κ3) is 6.46. The molecule has 0 saturated heterocycles. The van der Waals surface area contributed by atoms with E-state index in [4.69, 9.17) is 24.7 Å². The van der Waals surface area contributed by atoms with E-state index in [9.17, 15) is 4.79 Å². The largest absolute Gasteiger partial charge is 0.493 e. The Labute approximate surface area is 176 Å². The number of aliphatic imine (C=N–C) groups is 1. The predicted molar refractivity (Wildman–Crippen MR) is 114 cm³/mol. The zero-order valence-electron chi connectivity index (χ0n) is 16.9. The molecule has 0 spiro atoms. The van der Waals surface area contributed by atoms with Crippen molar-refractivity contribution in [2.24, 2.45) is 10.7 Å². The third-order valence-corrected chi connectivity index (χ3v) is 4.02. The van der Waals surface area contributed by atoms with Gasteiger partial charge in [-0.15, -0.1) is 12.4 Å². The molecule has 0 aliphatic rings. The van der Waals surface area contributed by atoms with Gasteiger partial charge in [-0.3, -0.25) is 15.1 Å². The molecule has 0 aliphatic carbocycles. The Kier molecular flexibility index (Phi) is 9.61. The number of halogens is 1. The molecule has 8 nitrogen and oxygen atoms in total. The standard InChI is InChI=1S/C20H25N3O5.ClH/c1-25-15-7-5-13(11-17(15)27-3)9-10-22-20(21)23-19(24)14-6-8-16(26-2)18(12-14)28-4;/h5-8,11-12H,9-10H2,1-4H3,(H3,21,22,23,24);1H. The van der Waals surface area contributed by atoms with Crippen LogP contribution in [-0.2, 0) is 6.42 Å². The van der Waals surface area contributed by atoms with E-state index < -0.39 is 0 Å². The van der Waals surface area contributed by atoms with E-state index in [1.807, 2.05) is 18.2 Å². The summed E-state index contributed by atoms with van der Waals surface area (Å²) < 4.78 is 20.8. The Morgan fingerprint density at radius 2 is 1.45 bits per heavy atom. The second-order valence-corrected chi connectivity index (χ2v) is 5.73. The van der Waals surface area contributed by atoms with Crippen molar-refractivity contribution in [2.75, 3.05) is 35.0 Å². The van der Waals surface area contributed by atoms with Gasteiger partial charge in [-0.25, -0.2) is 0 Å². The smallest absolute Gasteiger partial charge is 0.258 e. The Balaban J connectivity index is 0.00000420.